The van der Waals surface area contributed by atoms with Crippen LogP contribution in [-0.4, -0.2) is 25.3 Å². The summed E-state index contributed by atoms with van der Waals surface area (Å²) in [7, 11) is 0. The van der Waals surface area contributed by atoms with Crippen molar-refractivity contribution in [1.29, 1.82) is 0 Å². The lowest BCUT2D eigenvalue weighted by Gasteiger charge is -2.13. The van der Waals surface area contributed by atoms with Crippen LogP contribution in [0.5, 0.6) is 0 Å². The molecular formula is C21H13F6N5O. The highest BCUT2D eigenvalue weighted by molar-refractivity contribution is 5.97. The molecule has 6 nitrogen and oxygen atoms in total. The maximum Gasteiger partial charge on any atom is 0.416 e. The van der Waals surface area contributed by atoms with E-state index >= 15 is 0 Å². The van der Waals surface area contributed by atoms with Crippen molar-refractivity contribution >= 4 is 23.0 Å². The smallest absolute Gasteiger partial charge is 0.268 e. The molecule has 0 fully saturated rings. The highest BCUT2D eigenvalue weighted by Crippen LogP contribution is 2.38. The van der Waals surface area contributed by atoms with E-state index in [9.17, 15) is 31.1 Å². The molecule has 0 aliphatic carbocycles. The fourth-order valence-corrected chi connectivity index (χ4v) is 3.04. The molecule has 0 aliphatic heterocycles. The third kappa shape index (κ3) is 4.89. The van der Waals surface area contributed by atoms with Gasteiger partial charge in [-0.25, -0.2) is 9.67 Å². The van der Waals surface area contributed by atoms with E-state index in [2.05, 4.69) is 15.5 Å². The molecule has 2 aromatic heterocycles. The summed E-state index contributed by atoms with van der Waals surface area (Å²) in [4.78, 5) is 15.9. The largest absolute Gasteiger partial charge is 0.416 e. The highest BCUT2D eigenvalue weighted by Gasteiger charge is 2.37. The van der Waals surface area contributed by atoms with E-state index in [1.807, 2.05) is 12.1 Å². The van der Waals surface area contributed by atoms with Gasteiger partial charge in [0.05, 0.1) is 16.6 Å². The van der Waals surface area contributed by atoms with Crippen molar-refractivity contribution in [2.45, 2.75) is 12.4 Å². The molecule has 1 N–H and O–H groups in total. The molecule has 12 heteroatoms. The number of fused-ring (bicyclic) bond motifs is 1. The van der Waals surface area contributed by atoms with Crippen LogP contribution < -0.4 is 5.43 Å². The highest BCUT2D eigenvalue weighted by atomic mass is 19.4. The van der Waals surface area contributed by atoms with Crippen molar-refractivity contribution < 1.29 is 31.1 Å². The molecule has 33 heavy (non-hydrogen) atoms. The fraction of sp³-hybridized carbons (Fsp3) is 0.0952. The number of carbonyl (C=O) groups is 1. The zero-order valence-corrected chi connectivity index (χ0v) is 16.4. The monoisotopic (exact) mass is 465 g/mol. The van der Waals surface area contributed by atoms with E-state index in [4.69, 9.17) is 0 Å². The Morgan fingerprint density at radius 2 is 1.61 bits per heavy atom. The van der Waals surface area contributed by atoms with Crippen molar-refractivity contribution in [1.82, 2.24) is 19.4 Å². The molecule has 2 aromatic carbocycles. The summed E-state index contributed by atoms with van der Waals surface area (Å²) < 4.78 is 80.8. The van der Waals surface area contributed by atoms with Crippen molar-refractivity contribution in [3.63, 3.8) is 0 Å². The molecule has 0 spiro atoms. The minimum Gasteiger partial charge on any atom is -0.268 e. The quantitative estimate of drug-likeness (QED) is 0.334. The Bertz CT molecular complexity index is 1320. The van der Waals surface area contributed by atoms with Gasteiger partial charge in [-0.2, -0.15) is 26.3 Å². The molecule has 4 aromatic rings. The van der Waals surface area contributed by atoms with E-state index in [1.54, 1.807) is 24.4 Å². The van der Waals surface area contributed by atoms with E-state index in [-0.39, 0.29) is 11.9 Å². The summed E-state index contributed by atoms with van der Waals surface area (Å²) >= 11 is 0. The summed E-state index contributed by atoms with van der Waals surface area (Å²) in [5, 5.41) is 4.75. The number of nitrogens with one attached hydrogen (secondary N) is 1. The summed E-state index contributed by atoms with van der Waals surface area (Å²) in [6.45, 7) is 0. The van der Waals surface area contributed by atoms with Crippen LogP contribution in [0.2, 0.25) is 0 Å². The van der Waals surface area contributed by atoms with Gasteiger partial charge in [-0.1, -0.05) is 18.2 Å². The molecule has 170 valence electrons. The van der Waals surface area contributed by atoms with Gasteiger partial charge >= 0.3 is 12.4 Å². The standard InChI is InChI=1S/C21H13F6N5O/c22-20(23,24)15-9-14(10-16(11-15)21(25,26)27)19-28-12-31(30-19)7-6-18(33)29-32-8-5-13-3-1-2-4-17(13)32/h1-12H,(H,29,33)/b7-6-. The third-order valence-corrected chi connectivity index (χ3v) is 4.56. The van der Waals surface area contributed by atoms with Crippen LogP contribution in [0.3, 0.4) is 0 Å². The molecule has 0 bridgehead atoms. The predicted octanol–water partition coefficient (Wildman–Crippen LogP) is 5.18. The van der Waals surface area contributed by atoms with Gasteiger partial charge in [-0.15, -0.1) is 5.10 Å². The average molecular weight is 465 g/mol. The van der Waals surface area contributed by atoms with Crippen LogP contribution in [0.25, 0.3) is 28.5 Å². The van der Waals surface area contributed by atoms with Gasteiger partial charge in [-0.05, 0) is 30.3 Å². The number of hydrogen-bond acceptors (Lipinski definition) is 3. The van der Waals surface area contributed by atoms with Gasteiger partial charge in [0.15, 0.2) is 5.82 Å². The summed E-state index contributed by atoms with van der Waals surface area (Å²) in [5.41, 5.74) is -0.0562. The van der Waals surface area contributed by atoms with E-state index in [0.717, 1.165) is 34.2 Å². The predicted molar refractivity (Wildman–Crippen MR) is 107 cm³/mol. The third-order valence-electron chi connectivity index (χ3n) is 4.56. The number of nitrogens with zero attached hydrogens (tertiary/aromatic N) is 4. The number of benzene rings is 2. The van der Waals surface area contributed by atoms with Crippen LogP contribution in [0.1, 0.15) is 11.1 Å². The molecule has 4 rings (SSSR count). The van der Waals surface area contributed by atoms with Crippen molar-refractivity contribution in [2.24, 2.45) is 0 Å². The first kappa shape index (κ1) is 22.1. The molecule has 1 amide bonds. The van der Waals surface area contributed by atoms with Crippen LogP contribution in [-0.2, 0) is 17.1 Å². The number of alkyl halides is 6. The summed E-state index contributed by atoms with van der Waals surface area (Å²) in [6, 6.07) is 10.2. The molecule has 0 radical (unpaired) electrons. The Morgan fingerprint density at radius 3 is 2.27 bits per heavy atom. The normalized spacial score (nSPS) is 12.5. The number of aromatic nitrogens is 4. The second-order valence-corrected chi connectivity index (χ2v) is 6.88. The average Bonchev–Trinajstić information content (AvgIpc) is 3.38. The van der Waals surface area contributed by atoms with Gasteiger partial charge < -0.3 is 0 Å². The zero-order chi connectivity index (χ0) is 23.8. The lowest BCUT2D eigenvalue weighted by molar-refractivity contribution is -0.143. The number of para-hydroxylation sites is 1. The second-order valence-electron chi connectivity index (χ2n) is 6.88. The maximum absolute atomic E-state index is 13.0. The molecule has 2 heterocycles. The van der Waals surface area contributed by atoms with Gasteiger partial charge in [0.1, 0.15) is 6.33 Å². The molecule has 0 saturated carbocycles. The fourth-order valence-electron chi connectivity index (χ4n) is 3.04. The first-order valence-electron chi connectivity index (χ1n) is 9.27. The lowest BCUT2D eigenvalue weighted by Crippen LogP contribution is -2.19. The van der Waals surface area contributed by atoms with Crippen LogP contribution in [0, 0.1) is 0 Å². The minimum absolute atomic E-state index is 0.0235. The molecule has 0 saturated heterocycles. The van der Waals surface area contributed by atoms with E-state index < -0.39 is 35.0 Å². The second kappa shape index (κ2) is 8.11. The maximum atomic E-state index is 13.0. The molecule has 0 atom stereocenters. The Morgan fingerprint density at radius 1 is 0.939 bits per heavy atom. The van der Waals surface area contributed by atoms with Crippen LogP contribution in [0.15, 0.2) is 67.1 Å². The lowest BCUT2D eigenvalue weighted by atomic mass is 10.0. The molecule has 0 unspecified atom stereocenters. The number of rotatable bonds is 4. The molecule has 0 aliphatic rings. The number of amides is 1. The van der Waals surface area contributed by atoms with Crippen molar-refractivity contribution in [2.75, 3.05) is 5.43 Å². The van der Waals surface area contributed by atoms with Crippen molar-refractivity contribution in [3.8, 4) is 11.4 Å². The first-order valence-corrected chi connectivity index (χ1v) is 9.27. The van der Waals surface area contributed by atoms with E-state index in [1.165, 1.54) is 4.68 Å². The zero-order valence-electron chi connectivity index (χ0n) is 16.4. The SMILES string of the molecule is O=C(/C=C\n1cnc(-c2cc(C(F)(F)F)cc(C(F)(F)F)c2)n1)Nn1ccc2ccccc21. The summed E-state index contributed by atoms with van der Waals surface area (Å²) in [6.07, 6.45) is -5.03. The topological polar surface area (TPSA) is 64.7 Å². The number of hydrogen-bond donors (Lipinski definition) is 1. The van der Waals surface area contributed by atoms with Gasteiger partial charge in [0.25, 0.3) is 5.91 Å². The number of halogens is 6. The minimum atomic E-state index is -4.99. The van der Waals surface area contributed by atoms with Crippen molar-refractivity contribution in [3.05, 3.63) is 78.3 Å². The van der Waals surface area contributed by atoms with Gasteiger partial charge in [0.2, 0.25) is 0 Å². The van der Waals surface area contributed by atoms with Gasteiger partial charge in [-0.3, -0.25) is 14.9 Å². The Hall–Kier alpha value is -4.09. The Kier molecular flexibility index (Phi) is 5.44. The Labute approximate surface area is 181 Å². The number of carbonyl (C=O) groups excluding carboxylic acids is 1. The van der Waals surface area contributed by atoms with E-state index in [0.29, 0.717) is 12.1 Å². The Balaban J connectivity index is 1.55. The summed E-state index contributed by atoms with van der Waals surface area (Å²) in [5.74, 6) is -0.917. The van der Waals surface area contributed by atoms with Gasteiger partial charge in [0, 0.05) is 29.4 Å². The molecular weight excluding hydrogens is 452 g/mol. The first-order chi connectivity index (χ1) is 15.5. The van der Waals surface area contributed by atoms with Crippen LogP contribution >= 0.6 is 0 Å². The van der Waals surface area contributed by atoms with Crippen LogP contribution in [0.4, 0.5) is 26.3 Å².